The lowest BCUT2D eigenvalue weighted by Crippen LogP contribution is -2.46. The molecule has 2 fully saturated rings. The monoisotopic (exact) mass is 726 g/mol. The lowest BCUT2D eigenvalue weighted by atomic mass is 9.98. The van der Waals surface area contributed by atoms with Crippen molar-refractivity contribution in [3.63, 3.8) is 0 Å². The quantitative estimate of drug-likeness (QED) is 0.151. The molecule has 2 unspecified atom stereocenters. The lowest BCUT2D eigenvalue weighted by molar-refractivity contribution is 0.0555. The van der Waals surface area contributed by atoms with Gasteiger partial charge in [-0.25, -0.2) is 15.1 Å². The summed E-state index contributed by atoms with van der Waals surface area (Å²) in [5, 5.41) is 2.65. The van der Waals surface area contributed by atoms with Gasteiger partial charge in [-0.2, -0.15) is 0 Å². The smallest absolute Gasteiger partial charge is 0.437 e. The van der Waals surface area contributed by atoms with Crippen LogP contribution in [0.2, 0.25) is 0 Å². The first kappa shape index (κ1) is 39.5. The van der Waals surface area contributed by atoms with E-state index < -0.39 is 23.4 Å². The van der Waals surface area contributed by atoms with Gasteiger partial charge in [0.1, 0.15) is 17.0 Å². The van der Waals surface area contributed by atoms with Crippen molar-refractivity contribution in [3.8, 4) is 0 Å². The first-order valence-corrected chi connectivity index (χ1v) is 19.1. The summed E-state index contributed by atoms with van der Waals surface area (Å²) >= 11 is 0. The van der Waals surface area contributed by atoms with E-state index in [4.69, 9.17) is 24.3 Å². The summed E-state index contributed by atoms with van der Waals surface area (Å²) in [7, 11) is 0. The third kappa shape index (κ3) is 12.8. The zero-order valence-electron chi connectivity index (χ0n) is 32.6. The number of amidine groups is 1. The first-order valence-electron chi connectivity index (χ1n) is 19.1. The zero-order chi connectivity index (χ0) is 38.0. The van der Waals surface area contributed by atoms with Crippen LogP contribution in [0.4, 0.5) is 9.59 Å². The summed E-state index contributed by atoms with van der Waals surface area (Å²) in [6.45, 7) is 14.2. The molecule has 3 aliphatic rings. The number of rotatable bonds is 9. The van der Waals surface area contributed by atoms with Gasteiger partial charge in [0.05, 0.1) is 12.6 Å². The van der Waals surface area contributed by atoms with E-state index in [2.05, 4.69) is 77.3 Å². The molecule has 1 aliphatic carbocycles. The van der Waals surface area contributed by atoms with E-state index in [0.717, 1.165) is 34.9 Å². The van der Waals surface area contributed by atoms with Gasteiger partial charge in [-0.05, 0) is 110 Å². The van der Waals surface area contributed by atoms with E-state index in [1.807, 2.05) is 11.0 Å². The van der Waals surface area contributed by atoms with Crippen molar-refractivity contribution in [1.82, 2.24) is 15.7 Å². The van der Waals surface area contributed by atoms with Crippen molar-refractivity contribution in [2.45, 2.75) is 117 Å². The number of guanidine groups is 1. The number of benzene rings is 2. The Morgan fingerprint density at radius 3 is 2.42 bits per heavy atom. The molecule has 286 valence electrons. The highest BCUT2D eigenvalue weighted by Crippen LogP contribution is 2.32. The molecule has 2 aromatic carbocycles. The van der Waals surface area contributed by atoms with Crippen molar-refractivity contribution in [2.75, 3.05) is 19.6 Å². The average Bonchev–Trinajstić information content (AvgIpc) is 3.69. The Morgan fingerprint density at radius 1 is 0.962 bits per heavy atom. The van der Waals surface area contributed by atoms with E-state index in [9.17, 15) is 9.59 Å². The average molecular weight is 727 g/mol. The summed E-state index contributed by atoms with van der Waals surface area (Å²) in [6.07, 6.45) is 9.82. The summed E-state index contributed by atoms with van der Waals surface area (Å²) in [5.74, 6) is 2.23. The minimum atomic E-state index is -0.794. The highest BCUT2D eigenvalue weighted by Gasteiger charge is 2.32. The molecule has 0 aromatic heterocycles. The predicted octanol–water partition coefficient (Wildman–Crippen LogP) is 8.38. The molecule has 1 saturated heterocycles. The van der Waals surface area contributed by atoms with Crippen LogP contribution in [-0.2, 0) is 20.7 Å². The van der Waals surface area contributed by atoms with E-state index >= 15 is 0 Å². The van der Waals surface area contributed by atoms with E-state index in [1.165, 1.54) is 50.5 Å². The molecule has 0 radical (unpaired) electrons. The van der Waals surface area contributed by atoms with Gasteiger partial charge in [0.25, 0.3) is 0 Å². The molecule has 2 heterocycles. The number of hydrogen-bond donors (Lipinski definition) is 2. The third-order valence-corrected chi connectivity index (χ3v) is 9.54. The van der Waals surface area contributed by atoms with Crippen LogP contribution in [0, 0.1) is 11.8 Å². The number of hydrogen-bond acceptors (Lipinski definition) is 8. The number of ether oxygens (including phenoxy) is 2. The van der Waals surface area contributed by atoms with Gasteiger partial charge in [-0.1, -0.05) is 67.4 Å². The maximum atomic E-state index is 12.7. The number of unbranched alkanes of at least 4 members (excludes halogenated alkanes) is 1. The molecular weight excluding hydrogens is 668 g/mol. The lowest BCUT2D eigenvalue weighted by Gasteiger charge is -2.25. The Kier molecular flexibility index (Phi) is 13.4. The molecule has 3 atom stereocenters. The Bertz CT molecular complexity index is 1670. The summed E-state index contributed by atoms with van der Waals surface area (Å²) in [6, 6.07) is 19.5. The Hall–Kier alpha value is -4.67. The second-order valence-corrected chi connectivity index (χ2v) is 16.3. The first-order chi connectivity index (χ1) is 25.2. The van der Waals surface area contributed by atoms with Gasteiger partial charge >= 0.3 is 12.2 Å². The fraction of sp³-hybridized carbons (Fsp3) is 0.548. The van der Waals surface area contributed by atoms with Crippen LogP contribution in [0.15, 0.2) is 81.4 Å². The standard InChI is InChI=1S/C42H58N6O5/c1-29(44-35-22-17-31(27-35)16-12-11-15-30-13-9-8-10-14-30)32-18-20-33(21-19-32)37-43-25-23-36(53-47-37)34-24-26-48(28-34)38(45-39(49)51-41(2,3)4)46-40(50)52-42(5,6)7/h8-10,13-14,18-21,23,31,34-35H,11-12,15-17,22,24-28H2,1-7H3,(H,43,47)(H,45,46,49,50)/t31?,34-,35?/m1/s1. The van der Waals surface area contributed by atoms with E-state index in [1.54, 1.807) is 41.5 Å². The van der Waals surface area contributed by atoms with Crippen molar-refractivity contribution in [1.29, 1.82) is 0 Å². The number of aliphatic imine (C=N–C) groups is 3. The topological polar surface area (TPSA) is 126 Å². The number of carbonyl (C=O) groups excluding carboxylic acids is 2. The van der Waals surface area contributed by atoms with Gasteiger partial charge in [-0.3, -0.25) is 15.3 Å². The molecule has 2 aliphatic heterocycles. The molecule has 53 heavy (non-hydrogen) atoms. The molecule has 1 saturated carbocycles. The number of amides is 2. The predicted molar refractivity (Wildman–Crippen MR) is 210 cm³/mol. The molecule has 5 rings (SSSR count). The van der Waals surface area contributed by atoms with Crippen LogP contribution >= 0.6 is 0 Å². The highest BCUT2D eigenvalue weighted by molar-refractivity contribution is 6.02. The van der Waals surface area contributed by atoms with Gasteiger partial charge < -0.3 is 19.2 Å². The number of aryl methyl sites for hydroxylation is 1. The SMILES string of the molecule is CC(=NC1CCC(CCCCc2ccccc2)C1)c1ccc(C2=NCC=C([C@@H]3CCN(/C(=N/C(=O)OC(C)(C)C)NC(=O)OC(C)(C)C)C3)ON2)cc1. The third-order valence-electron chi connectivity index (χ3n) is 9.54. The van der Waals surface area contributed by atoms with Crippen molar-refractivity contribution in [2.24, 2.45) is 26.8 Å². The highest BCUT2D eigenvalue weighted by atomic mass is 16.7. The van der Waals surface area contributed by atoms with Crippen LogP contribution < -0.4 is 10.8 Å². The number of hydroxylamine groups is 1. The summed E-state index contributed by atoms with van der Waals surface area (Å²) in [4.78, 5) is 47.2. The largest absolute Gasteiger partial charge is 0.444 e. The minimum absolute atomic E-state index is 0.0213. The Balaban J connectivity index is 1.10. The van der Waals surface area contributed by atoms with Crippen molar-refractivity contribution < 1.29 is 23.9 Å². The van der Waals surface area contributed by atoms with Crippen LogP contribution in [0.25, 0.3) is 0 Å². The molecular formula is C42H58N6O5. The maximum absolute atomic E-state index is 12.7. The Labute approximate surface area is 315 Å². The van der Waals surface area contributed by atoms with Gasteiger partial charge in [-0.15, -0.1) is 4.99 Å². The maximum Gasteiger partial charge on any atom is 0.437 e. The van der Waals surface area contributed by atoms with Gasteiger partial charge in [0, 0.05) is 30.3 Å². The molecule has 2 amide bonds. The molecule has 0 bridgehead atoms. The molecule has 11 nitrogen and oxygen atoms in total. The number of likely N-dealkylation sites (tertiary alicyclic amines) is 1. The van der Waals surface area contributed by atoms with Gasteiger partial charge in [0.15, 0.2) is 5.84 Å². The second kappa shape index (κ2) is 17.9. The van der Waals surface area contributed by atoms with Crippen LogP contribution in [0.1, 0.15) is 110 Å². The minimum Gasteiger partial charge on any atom is -0.444 e. The molecule has 2 N–H and O–H groups in total. The van der Waals surface area contributed by atoms with E-state index in [-0.39, 0.29) is 11.9 Å². The molecule has 2 aromatic rings. The summed E-state index contributed by atoms with van der Waals surface area (Å²) < 4.78 is 10.8. The number of alkyl carbamates (subject to hydrolysis) is 1. The van der Waals surface area contributed by atoms with E-state index in [0.29, 0.717) is 31.5 Å². The van der Waals surface area contributed by atoms with Crippen LogP contribution in [0.5, 0.6) is 0 Å². The van der Waals surface area contributed by atoms with Gasteiger partial charge in [0.2, 0.25) is 5.96 Å². The van der Waals surface area contributed by atoms with Crippen LogP contribution in [-0.4, -0.2) is 71.5 Å². The Morgan fingerprint density at radius 2 is 1.70 bits per heavy atom. The molecule has 0 spiro atoms. The van der Waals surface area contributed by atoms with Crippen molar-refractivity contribution in [3.05, 3.63) is 83.1 Å². The van der Waals surface area contributed by atoms with Crippen molar-refractivity contribution >= 4 is 29.7 Å². The second-order valence-electron chi connectivity index (χ2n) is 16.3. The summed E-state index contributed by atoms with van der Waals surface area (Å²) in [5.41, 5.74) is 6.17. The number of nitrogens with zero attached hydrogens (tertiary/aromatic N) is 4. The molecule has 11 heteroatoms. The zero-order valence-corrected chi connectivity index (χ0v) is 32.6. The fourth-order valence-corrected chi connectivity index (χ4v) is 6.99. The fourth-order valence-electron chi connectivity index (χ4n) is 6.99. The number of carbonyl (C=O) groups is 2. The normalized spacial score (nSPS) is 21.2. The van der Waals surface area contributed by atoms with Crippen LogP contribution in [0.3, 0.4) is 0 Å². The number of nitrogens with one attached hydrogen (secondary N) is 2.